The second-order valence-electron chi connectivity index (χ2n) is 5.38. The van der Waals surface area contributed by atoms with Crippen molar-refractivity contribution in [1.29, 1.82) is 0 Å². The van der Waals surface area contributed by atoms with E-state index in [4.69, 9.17) is 4.42 Å². The first-order valence-electron chi connectivity index (χ1n) is 6.56. The normalized spacial score (nSPS) is 23.9. The zero-order chi connectivity index (χ0) is 13.2. The number of nitrogens with one attached hydrogen (secondary N) is 1. The summed E-state index contributed by atoms with van der Waals surface area (Å²) in [5.41, 5.74) is 0.676. The van der Waals surface area contributed by atoms with Gasteiger partial charge in [-0.05, 0) is 45.7 Å². The Balaban J connectivity index is 2.02. The van der Waals surface area contributed by atoms with Crippen LogP contribution in [0.25, 0.3) is 0 Å². The lowest BCUT2D eigenvalue weighted by atomic mass is 9.89. The van der Waals surface area contributed by atoms with Crippen molar-refractivity contribution in [2.45, 2.75) is 45.2 Å². The van der Waals surface area contributed by atoms with Crippen LogP contribution in [-0.4, -0.2) is 29.9 Å². The molecule has 1 saturated heterocycles. The van der Waals surface area contributed by atoms with Crippen LogP contribution < -0.4 is 5.32 Å². The van der Waals surface area contributed by atoms with Crippen molar-refractivity contribution in [3.63, 3.8) is 0 Å². The first kappa shape index (κ1) is 13.1. The number of carbonyl (C=O) groups excluding carboxylic acids is 1. The maximum atomic E-state index is 12.5. The quantitative estimate of drug-likeness (QED) is 0.893. The average Bonchev–Trinajstić information content (AvgIpc) is 2.75. The monoisotopic (exact) mass is 250 g/mol. The lowest BCUT2D eigenvalue weighted by Crippen LogP contribution is -2.57. The molecule has 0 bridgehead atoms. The summed E-state index contributed by atoms with van der Waals surface area (Å²) in [6.07, 6.45) is 4.87. The third-order valence-corrected chi connectivity index (χ3v) is 3.81. The molecule has 100 valence electrons. The van der Waals surface area contributed by atoms with Crippen molar-refractivity contribution in [2.75, 3.05) is 13.6 Å². The van der Waals surface area contributed by atoms with Crippen molar-refractivity contribution in [3.8, 4) is 0 Å². The number of likely N-dealkylation sites (N-methyl/N-ethyl adjacent to an activating group) is 1. The number of carbonyl (C=O) groups is 1. The zero-order valence-electron chi connectivity index (χ0n) is 11.5. The fraction of sp³-hybridized carbons (Fsp3) is 0.643. The molecule has 0 radical (unpaired) electrons. The molecule has 1 aliphatic rings. The molecule has 1 aromatic rings. The molecule has 1 amide bonds. The minimum atomic E-state index is -0.398. The third-order valence-electron chi connectivity index (χ3n) is 3.81. The standard InChI is InChI=1S/C14H22N2O2/c1-11-12(6-9-18-11)10-16(3)13(17)14(2)7-4-5-8-15-14/h6,9,15H,4-5,7-8,10H2,1-3H3. The van der Waals surface area contributed by atoms with Gasteiger partial charge in [0.25, 0.3) is 0 Å². The molecule has 1 atom stereocenters. The highest BCUT2D eigenvalue weighted by atomic mass is 16.3. The molecule has 0 spiro atoms. The Morgan fingerprint density at radius 1 is 1.56 bits per heavy atom. The molecule has 2 heterocycles. The van der Waals surface area contributed by atoms with E-state index in [0.29, 0.717) is 6.54 Å². The smallest absolute Gasteiger partial charge is 0.242 e. The van der Waals surface area contributed by atoms with Gasteiger partial charge < -0.3 is 14.6 Å². The molecule has 1 aromatic heterocycles. The van der Waals surface area contributed by atoms with Crippen LogP contribution in [0.4, 0.5) is 0 Å². The predicted molar refractivity (Wildman–Crippen MR) is 70.2 cm³/mol. The maximum Gasteiger partial charge on any atom is 0.242 e. The van der Waals surface area contributed by atoms with Crippen molar-refractivity contribution in [3.05, 3.63) is 23.7 Å². The van der Waals surface area contributed by atoms with Crippen LogP contribution in [0.5, 0.6) is 0 Å². The summed E-state index contributed by atoms with van der Waals surface area (Å²) < 4.78 is 5.26. The Kier molecular flexibility index (Phi) is 3.76. The molecule has 18 heavy (non-hydrogen) atoms. The van der Waals surface area contributed by atoms with Gasteiger partial charge >= 0.3 is 0 Å². The minimum absolute atomic E-state index is 0.169. The summed E-state index contributed by atoms with van der Waals surface area (Å²) >= 11 is 0. The zero-order valence-corrected chi connectivity index (χ0v) is 11.5. The summed E-state index contributed by atoms with van der Waals surface area (Å²) in [4.78, 5) is 14.3. The Morgan fingerprint density at radius 2 is 2.33 bits per heavy atom. The van der Waals surface area contributed by atoms with Crippen molar-refractivity contribution < 1.29 is 9.21 Å². The molecule has 0 aliphatic carbocycles. The van der Waals surface area contributed by atoms with Crippen LogP contribution in [-0.2, 0) is 11.3 Å². The Hall–Kier alpha value is -1.29. The molecule has 4 heteroatoms. The van der Waals surface area contributed by atoms with Gasteiger partial charge in [0.1, 0.15) is 5.76 Å². The van der Waals surface area contributed by atoms with E-state index < -0.39 is 5.54 Å². The van der Waals surface area contributed by atoms with Crippen LogP contribution in [0.15, 0.2) is 16.7 Å². The molecule has 2 rings (SSSR count). The maximum absolute atomic E-state index is 12.5. The van der Waals surface area contributed by atoms with Crippen LogP contribution >= 0.6 is 0 Å². The van der Waals surface area contributed by atoms with E-state index in [0.717, 1.165) is 37.1 Å². The molecule has 1 N–H and O–H groups in total. The lowest BCUT2D eigenvalue weighted by Gasteiger charge is -2.36. The van der Waals surface area contributed by atoms with Crippen LogP contribution in [0.1, 0.15) is 37.5 Å². The van der Waals surface area contributed by atoms with Crippen molar-refractivity contribution >= 4 is 5.91 Å². The molecule has 1 aliphatic heterocycles. The van der Waals surface area contributed by atoms with E-state index in [2.05, 4.69) is 5.32 Å². The fourth-order valence-electron chi connectivity index (χ4n) is 2.56. The number of furan rings is 1. The van der Waals surface area contributed by atoms with Gasteiger partial charge in [0.2, 0.25) is 5.91 Å². The van der Waals surface area contributed by atoms with E-state index in [1.807, 2.05) is 27.0 Å². The number of piperidine rings is 1. The Labute approximate surface area is 108 Å². The lowest BCUT2D eigenvalue weighted by molar-refractivity contribution is -0.137. The summed E-state index contributed by atoms with van der Waals surface area (Å²) in [6.45, 7) is 5.47. The highest BCUT2D eigenvalue weighted by Gasteiger charge is 2.36. The molecule has 1 unspecified atom stereocenters. The predicted octanol–water partition coefficient (Wildman–Crippen LogP) is 2.08. The Morgan fingerprint density at radius 3 is 2.89 bits per heavy atom. The summed E-state index contributed by atoms with van der Waals surface area (Å²) in [5.74, 6) is 1.05. The van der Waals surface area contributed by atoms with E-state index in [1.54, 1.807) is 11.2 Å². The van der Waals surface area contributed by atoms with E-state index in [-0.39, 0.29) is 5.91 Å². The summed E-state index contributed by atoms with van der Waals surface area (Å²) in [7, 11) is 1.86. The van der Waals surface area contributed by atoms with E-state index in [1.165, 1.54) is 0 Å². The number of amides is 1. The van der Waals surface area contributed by atoms with Gasteiger partial charge in [-0.25, -0.2) is 0 Å². The number of hydrogen-bond donors (Lipinski definition) is 1. The van der Waals surface area contributed by atoms with Gasteiger partial charge in [0.15, 0.2) is 0 Å². The number of rotatable bonds is 3. The molecular weight excluding hydrogens is 228 g/mol. The number of aryl methyl sites for hydroxylation is 1. The van der Waals surface area contributed by atoms with Gasteiger partial charge in [0.05, 0.1) is 11.8 Å². The van der Waals surface area contributed by atoms with Gasteiger partial charge in [-0.2, -0.15) is 0 Å². The number of hydrogen-bond acceptors (Lipinski definition) is 3. The summed E-state index contributed by atoms with van der Waals surface area (Å²) in [6, 6.07) is 1.93. The molecule has 1 fully saturated rings. The van der Waals surface area contributed by atoms with Crippen molar-refractivity contribution in [2.24, 2.45) is 0 Å². The van der Waals surface area contributed by atoms with E-state index in [9.17, 15) is 4.79 Å². The highest BCUT2D eigenvalue weighted by Crippen LogP contribution is 2.22. The topological polar surface area (TPSA) is 45.5 Å². The largest absolute Gasteiger partial charge is 0.469 e. The molecule has 4 nitrogen and oxygen atoms in total. The second kappa shape index (κ2) is 5.14. The SMILES string of the molecule is Cc1occc1CN(C)C(=O)C1(C)CCCCN1. The molecular formula is C14H22N2O2. The number of nitrogens with zero attached hydrogens (tertiary/aromatic N) is 1. The van der Waals surface area contributed by atoms with Crippen molar-refractivity contribution in [1.82, 2.24) is 10.2 Å². The fourth-order valence-corrected chi connectivity index (χ4v) is 2.56. The van der Waals surface area contributed by atoms with Crippen LogP contribution in [0.2, 0.25) is 0 Å². The molecule has 0 saturated carbocycles. The van der Waals surface area contributed by atoms with Gasteiger partial charge in [-0.3, -0.25) is 4.79 Å². The second-order valence-corrected chi connectivity index (χ2v) is 5.38. The van der Waals surface area contributed by atoms with E-state index >= 15 is 0 Å². The first-order chi connectivity index (χ1) is 8.53. The molecule has 0 aromatic carbocycles. The minimum Gasteiger partial charge on any atom is -0.469 e. The Bertz CT molecular complexity index is 419. The van der Waals surface area contributed by atoms with Gasteiger partial charge in [0, 0.05) is 19.2 Å². The first-order valence-corrected chi connectivity index (χ1v) is 6.56. The van der Waals surface area contributed by atoms with Gasteiger partial charge in [-0.1, -0.05) is 0 Å². The third kappa shape index (κ3) is 2.58. The average molecular weight is 250 g/mol. The summed E-state index contributed by atoms with van der Waals surface area (Å²) in [5, 5.41) is 3.36. The van der Waals surface area contributed by atoms with Crippen LogP contribution in [0.3, 0.4) is 0 Å². The van der Waals surface area contributed by atoms with Crippen LogP contribution in [0, 0.1) is 6.92 Å². The van der Waals surface area contributed by atoms with Gasteiger partial charge in [-0.15, -0.1) is 0 Å². The highest BCUT2D eigenvalue weighted by molar-refractivity contribution is 5.85.